The summed E-state index contributed by atoms with van der Waals surface area (Å²) in [7, 11) is 0. The number of ether oxygens (including phenoxy) is 1. The van der Waals surface area contributed by atoms with Gasteiger partial charge in [0.1, 0.15) is 0 Å². The zero-order valence-electron chi connectivity index (χ0n) is 11.6. The molecule has 0 aromatic heterocycles. The van der Waals surface area contributed by atoms with E-state index < -0.39 is 12.3 Å². The monoisotopic (exact) mass is 274 g/mol. The van der Waals surface area contributed by atoms with E-state index in [1.54, 1.807) is 24.3 Å². The molecule has 0 spiro atoms. The smallest absolute Gasteiger partial charge is 0.252 e. The third kappa shape index (κ3) is 2.99. The summed E-state index contributed by atoms with van der Waals surface area (Å²) in [6, 6.07) is 8.14. The maximum absolute atomic E-state index is 12.0. The number of nitrogens with one attached hydrogen (secondary N) is 2. The molecule has 2 N–H and O–H groups in total. The third-order valence-electron chi connectivity index (χ3n) is 3.14. The number of carbonyl (C=O) groups excluding carboxylic acids is 2. The van der Waals surface area contributed by atoms with E-state index in [9.17, 15) is 9.59 Å². The fraction of sp³-hybridized carbons (Fsp3) is 0.333. The van der Waals surface area contributed by atoms with Crippen molar-refractivity contribution in [3.8, 4) is 0 Å². The van der Waals surface area contributed by atoms with Crippen molar-refractivity contribution in [1.29, 1.82) is 0 Å². The average Bonchev–Trinajstić information content (AvgIpc) is 2.49. The number of hydrogen-bond acceptors (Lipinski definition) is 3. The van der Waals surface area contributed by atoms with Gasteiger partial charge in [-0.25, -0.2) is 0 Å². The lowest BCUT2D eigenvalue weighted by atomic mass is 10.1. The summed E-state index contributed by atoms with van der Waals surface area (Å²) >= 11 is 0. The maximum atomic E-state index is 12.0. The highest BCUT2D eigenvalue weighted by Gasteiger charge is 2.42. The van der Waals surface area contributed by atoms with Crippen LogP contribution in [-0.4, -0.2) is 24.1 Å². The van der Waals surface area contributed by atoms with Crippen LogP contribution in [0.2, 0.25) is 0 Å². The molecule has 0 radical (unpaired) electrons. The van der Waals surface area contributed by atoms with E-state index in [0.717, 1.165) is 12.2 Å². The van der Waals surface area contributed by atoms with Crippen LogP contribution in [0.4, 0.5) is 0 Å². The zero-order valence-corrected chi connectivity index (χ0v) is 11.6. The summed E-state index contributed by atoms with van der Waals surface area (Å²) in [5.74, 6) is 0.275. The third-order valence-corrected chi connectivity index (χ3v) is 3.14. The molecule has 20 heavy (non-hydrogen) atoms. The Balaban J connectivity index is 1.97. The molecule has 1 fully saturated rings. The van der Waals surface area contributed by atoms with E-state index in [1.165, 1.54) is 0 Å². The number of rotatable bonds is 5. The fourth-order valence-electron chi connectivity index (χ4n) is 1.93. The number of benzene rings is 1. The van der Waals surface area contributed by atoms with E-state index in [1.807, 2.05) is 26.0 Å². The average molecular weight is 274 g/mol. The van der Waals surface area contributed by atoms with Crippen LogP contribution in [0.5, 0.6) is 0 Å². The second-order valence-corrected chi connectivity index (χ2v) is 4.47. The second kappa shape index (κ2) is 6.23. The van der Waals surface area contributed by atoms with E-state index >= 15 is 0 Å². The van der Waals surface area contributed by atoms with Crippen molar-refractivity contribution < 1.29 is 14.3 Å². The molecule has 0 bridgehead atoms. The maximum Gasteiger partial charge on any atom is 0.252 e. The van der Waals surface area contributed by atoms with Gasteiger partial charge in [-0.1, -0.05) is 25.1 Å². The summed E-state index contributed by atoms with van der Waals surface area (Å²) in [6.45, 7) is 3.84. The minimum atomic E-state index is -0.649. The Morgan fingerprint density at radius 3 is 2.65 bits per heavy atom. The van der Waals surface area contributed by atoms with Crippen LogP contribution in [0.15, 0.2) is 42.2 Å². The highest BCUT2D eigenvalue weighted by Crippen LogP contribution is 2.15. The lowest BCUT2D eigenvalue weighted by Gasteiger charge is -2.37. The van der Waals surface area contributed by atoms with Crippen LogP contribution in [-0.2, 0) is 9.53 Å². The van der Waals surface area contributed by atoms with E-state index in [4.69, 9.17) is 4.74 Å². The first-order valence-electron chi connectivity index (χ1n) is 6.63. The highest BCUT2D eigenvalue weighted by molar-refractivity contribution is 5.99. The number of β-lactam (4-membered cyclic amide) rings is 1. The van der Waals surface area contributed by atoms with Crippen molar-refractivity contribution in [1.82, 2.24) is 10.6 Å². The lowest BCUT2D eigenvalue weighted by molar-refractivity contribution is -0.142. The van der Waals surface area contributed by atoms with Crippen molar-refractivity contribution in [2.45, 2.75) is 32.5 Å². The summed E-state index contributed by atoms with van der Waals surface area (Å²) < 4.78 is 5.62. The number of allylic oxidation sites excluding steroid dienone is 2. The molecular formula is C15H18N2O3. The molecule has 0 saturated carbocycles. The van der Waals surface area contributed by atoms with Gasteiger partial charge in [-0.2, -0.15) is 0 Å². The Labute approximate surface area is 118 Å². The van der Waals surface area contributed by atoms with Crippen LogP contribution in [0.3, 0.4) is 0 Å². The first kappa shape index (κ1) is 14.1. The van der Waals surface area contributed by atoms with E-state index in [-0.39, 0.29) is 11.8 Å². The molecule has 1 aliphatic heterocycles. The summed E-state index contributed by atoms with van der Waals surface area (Å²) in [5, 5.41) is 5.31. The second-order valence-electron chi connectivity index (χ2n) is 4.47. The van der Waals surface area contributed by atoms with E-state index in [2.05, 4.69) is 10.6 Å². The lowest BCUT2D eigenvalue weighted by Crippen LogP contribution is -2.69. The Morgan fingerprint density at radius 2 is 2.10 bits per heavy atom. The molecule has 2 atom stereocenters. The van der Waals surface area contributed by atoms with Gasteiger partial charge in [-0.3, -0.25) is 9.59 Å². The van der Waals surface area contributed by atoms with Gasteiger partial charge >= 0.3 is 0 Å². The molecule has 5 heteroatoms. The van der Waals surface area contributed by atoms with Crippen molar-refractivity contribution >= 4 is 11.8 Å². The number of carbonyl (C=O) groups is 2. The normalized spacial score (nSPS) is 21.7. The van der Waals surface area contributed by atoms with Crippen LogP contribution in [0.1, 0.15) is 30.6 Å². The Hall–Kier alpha value is -2.30. The molecule has 2 amide bonds. The molecule has 0 aliphatic carbocycles. The number of amides is 2. The van der Waals surface area contributed by atoms with Gasteiger partial charge < -0.3 is 15.4 Å². The SMILES string of the molecule is CC=C(CC)OC1NC(=O)C1NC(=O)c1ccccc1. The molecule has 1 aromatic carbocycles. The molecule has 1 saturated heterocycles. The zero-order chi connectivity index (χ0) is 14.5. The van der Waals surface area contributed by atoms with Gasteiger partial charge in [-0.05, 0) is 25.1 Å². The predicted octanol–water partition coefficient (Wildman–Crippen LogP) is 1.57. The number of hydrogen-bond donors (Lipinski definition) is 2. The van der Waals surface area contributed by atoms with Gasteiger partial charge in [0.15, 0.2) is 6.04 Å². The molecule has 2 unspecified atom stereocenters. The minimum Gasteiger partial charge on any atom is -0.473 e. The van der Waals surface area contributed by atoms with Gasteiger partial charge in [0, 0.05) is 12.0 Å². The predicted molar refractivity (Wildman–Crippen MR) is 74.8 cm³/mol. The molecule has 1 aromatic rings. The molecule has 5 nitrogen and oxygen atoms in total. The van der Waals surface area contributed by atoms with Crippen molar-refractivity contribution in [3.05, 3.63) is 47.7 Å². The van der Waals surface area contributed by atoms with E-state index in [0.29, 0.717) is 5.56 Å². The van der Waals surface area contributed by atoms with Crippen LogP contribution in [0.25, 0.3) is 0 Å². The van der Waals surface area contributed by atoms with Crippen LogP contribution in [0, 0.1) is 0 Å². The van der Waals surface area contributed by atoms with Crippen molar-refractivity contribution in [2.24, 2.45) is 0 Å². The molecule has 1 aliphatic rings. The molecular weight excluding hydrogens is 256 g/mol. The molecule has 2 rings (SSSR count). The van der Waals surface area contributed by atoms with Gasteiger partial charge in [0.25, 0.3) is 11.8 Å². The topological polar surface area (TPSA) is 67.4 Å². The van der Waals surface area contributed by atoms with Crippen molar-refractivity contribution in [3.63, 3.8) is 0 Å². The first-order chi connectivity index (χ1) is 9.65. The fourth-order valence-corrected chi connectivity index (χ4v) is 1.93. The highest BCUT2D eigenvalue weighted by atomic mass is 16.5. The van der Waals surface area contributed by atoms with Gasteiger partial charge in [0.2, 0.25) is 6.23 Å². The van der Waals surface area contributed by atoms with Gasteiger partial charge in [0.05, 0.1) is 5.76 Å². The minimum absolute atomic E-state index is 0.231. The van der Waals surface area contributed by atoms with Crippen LogP contribution >= 0.6 is 0 Å². The summed E-state index contributed by atoms with van der Waals surface area (Å²) in [4.78, 5) is 23.5. The largest absolute Gasteiger partial charge is 0.473 e. The molecule has 106 valence electrons. The Kier molecular flexibility index (Phi) is 4.40. The Bertz CT molecular complexity index is 525. The first-order valence-corrected chi connectivity index (χ1v) is 6.63. The van der Waals surface area contributed by atoms with Crippen LogP contribution < -0.4 is 10.6 Å². The van der Waals surface area contributed by atoms with Gasteiger partial charge in [-0.15, -0.1) is 0 Å². The van der Waals surface area contributed by atoms with Crippen molar-refractivity contribution in [2.75, 3.05) is 0 Å². The quantitative estimate of drug-likeness (QED) is 0.632. The molecule has 1 heterocycles. The Morgan fingerprint density at radius 1 is 1.40 bits per heavy atom. The summed E-state index contributed by atoms with van der Waals surface area (Å²) in [5.41, 5.74) is 0.521. The standard InChI is InChI=1S/C15H18N2O3/c1-3-11(4-2)20-15-12(14(19)17-15)16-13(18)10-8-6-5-7-9-10/h3,5-9,12,15H,4H2,1-2H3,(H,16,18)(H,17,19). The summed E-state index contributed by atoms with van der Waals surface area (Å²) in [6.07, 6.45) is 2.09.